The van der Waals surface area contributed by atoms with Crippen molar-refractivity contribution in [1.29, 1.82) is 0 Å². The smallest absolute Gasteiger partial charge is 0.243 e. The van der Waals surface area contributed by atoms with E-state index in [1.807, 2.05) is 67.6 Å². The Morgan fingerprint density at radius 3 is 2.02 bits per heavy atom. The van der Waals surface area contributed by atoms with Crippen LogP contribution in [0.3, 0.4) is 0 Å². The van der Waals surface area contributed by atoms with E-state index in [2.05, 4.69) is 0 Å². The average molecular weight is 620 g/mol. The molecule has 1 aliphatic rings. The van der Waals surface area contributed by atoms with Crippen molar-refractivity contribution in [2.24, 2.45) is 0 Å². The molecule has 1 fully saturated rings. The van der Waals surface area contributed by atoms with Crippen LogP contribution >= 0.6 is 0 Å². The lowest BCUT2D eigenvalue weighted by atomic mass is 10.0. The molecule has 1 saturated heterocycles. The van der Waals surface area contributed by atoms with Crippen molar-refractivity contribution in [3.05, 3.63) is 109 Å². The topological polar surface area (TPSA) is 95.1 Å². The summed E-state index contributed by atoms with van der Waals surface area (Å²) in [5, 5.41) is 1.84. The first-order valence-electron chi connectivity index (χ1n) is 14.6. The predicted octanol–water partition coefficient (Wildman–Crippen LogP) is 5.12. The molecule has 1 amide bonds. The van der Waals surface area contributed by atoms with Crippen LogP contribution in [0.4, 0.5) is 0 Å². The van der Waals surface area contributed by atoms with E-state index in [1.54, 1.807) is 35.2 Å². The summed E-state index contributed by atoms with van der Waals surface area (Å²) < 4.78 is 56.8. The Morgan fingerprint density at radius 2 is 1.37 bits per heavy atom. The fraction of sp³-hybridized carbons (Fsp3) is 0.303. The summed E-state index contributed by atoms with van der Waals surface area (Å²) in [5.74, 6) is -0.298. The van der Waals surface area contributed by atoms with Crippen LogP contribution in [0, 0.1) is 0 Å². The van der Waals surface area contributed by atoms with Crippen LogP contribution in [0.15, 0.2) is 113 Å². The van der Waals surface area contributed by atoms with E-state index in [-0.39, 0.29) is 47.9 Å². The van der Waals surface area contributed by atoms with Crippen molar-refractivity contribution in [2.75, 3.05) is 26.2 Å². The summed E-state index contributed by atoms with van der Waals surface area (Å²) in [6, 6.07) is 30.3. The maximum atomic E-state index is 13.9. The van der Waals surface area contributed by atoms with Gasteiger partial charge >= 0.3 is 0 Å². The van der Waals surface area contributed by atoms with Gasteiger partial charge in [0, 0.05) is 32.2 Å². The highest BCUT2D eigenvalue weighted by molar-refractivity contribution is 7.89. The van der Waals surface area contributed by atoms with Gasteiger partial charge in [0.25, 0.3) is 0 Å². The second kappa shape index (κ2) is 13.4. The maximum Gasteiger partial charge on any atom is 0.243 e. The molecule has 0 atom stereocenters. The van der Waals surface area contributed by atoms with Gasteiger partial charge in [0.15, 0.2) is 0 Å². The van der Waals surface area contributed by atoms with Gasteiger partial charge in [-0.25, -0.2) is 16.8 Å². The first-order chi connectivity index (χ1) is 20.7. The lowest BCUT2D eigenvalue weighted by Crippen LogP contribution is -2.51. The largest absolute Gasteiger partial charge is 0.334 e. The first-order valence-corrected chi connectivity index (χ1v) is 17.5. The Labute approximate surface area is 254 Å². The molecular formula is C33H37N3O5S2. The zero-order valence-electron chi connectivity index (χ0n) is 24.2. The van der Waals surface area contributed by atoms with Gasteiger partial charge in [-0.05, 0) is 59.9 Å². The zero-order valence-corrected chi connectivity index (χ0v) is 25.9. The number of benzene rings is 4. The summed E-state index contributed by atoms with van der Waals surface area (Å²) in [7, 11) is -7.59. The van der Waals surface area contributed by atoms with Crippen LogP contribution in [-0.4, -0.2) is 68.5 Å². The van der Waals surface area contributed by atoms with Gasteiger partial charge in [-0.3, -0.25) is 4.79 Å². The second-order valence-electron chi connectivity index (χ2n) is 10.8. The number of fused-ring (bicyclic) bond motifs is 1. The SMILES string of the molecule is CCCN(CC(=O)N(Cc1ccccc1)C1CCN(S(=O)(=O)c2ccc3ccccc3c2)CC1)S(=O)(=O)c1ccccc1. The number of sulfonamides is 2. The Morgan fingerprint density at radius 1 is 0.767 bits per heavy atom. The number of piperidine rings is 1. The molecule has 4 aromatic rings. The molecule has 43 heavy (non-hydrogen) atoms. The van der Waals surface area contributed by atoms with Crippen LogP contribution in [0.25, 0.3) is 10.8 Å². The number of carbonyl (C=O) groups is 1. The molecule has 0 unspecified atom stereocenters. The Bertz CT molecular complexity index is 1760. The van der Waals surface area contributed by atoms with Gasteiger partial charge in [0.05, 0.1) is 16.3 Å². The van der Waals surface area contributed by atoms with E-state index in [0.717, 1.165) is 16.3 Å². The third kappa shape index (κ3) is 6.99. The highest BCUT2D eigenvalue weighted by Crippen LogP contribution is 2.27. The maximum absolute atomic E-state index is 13.9. The minimum Gasteiger partial charge on any atom is -0.334 e. The third-order valence-electron chi connectivity index (χ3n) is 7.90. The van der Waals surface area contributed by atoms with Gasteiger partial charge in [0.2, 0.25) is 26.0 Å². The summed E-state index contributed by atoms with van der Waals surface area (Å²) in [6.07, 6.45) is 1.46. The standard InChI is InChI=1S/C33H37N3O5S2/c1-2-21-35(42(38,39)31-15-7-4-8-16-31)26-33(37)36(25-27-11-5-3-6-12-27)30-19-22-34(23-20-30)43(40,41)32-18-17-28-13-9-10-14-29(28)24-32/h3-18,24,30H,2,19-23,25-26H2,1H3. The van der Waals surface area contributed by atoms with E-state index in [9.17, 15) is 21.6 Å². The molecule has 0 aliphatic carbocycles. The molecule has 4 aromatic carbocycles. The lowest BCUT2D eigenvalue weighted by molar-refractivity contribution is -0.135. The van der Waals surface area contributed by atoms with Crippen molar-refractivity contribution in [3.8, 4) is 0 Å². The van der Waals surface area contributed by atoms with E-state index < -0.39 is 20.0 Å². The van der Waals surface area contributed by atoms with E-state index in [0.29, 0.717) is 25.8 Å². The predicted molar refractivity (Wildman–Crippen MR) is 168 cm³/mol. The summed E-state index contributed by atoms with van der Waals surface area (Å²) >= 11 is 0. The van der Waals surface area contributed by atoms with Crippen LogP contribution < -0.4 is 0 Å². The highest BCUT2D eigenvalue weighted by atomic mass is 32.2. The molecule has 5 rings (SSSR count). The van der Waals surface area contributed by atoms with E-state index in [1.165, 1.54) is 20.7 Å². The van der Waals surface area contributed by atoms with Crippen LogP contribution in [0.1, 0.15) is 31.7 Å². The molecule has 0 aromatic heterocycles. The van der Waals surface area contributed by atoms with Crippen LogP contribution in [-0.2, 0) is 31.4 Å². The van der Waals surface area contributed by atoms with Crippen LogP contribution in [0.5, 0.6) is 0 Å². The summed E-state index contributed by atoms with van der Waals surface area (Å²) in [4.78, 5) is 16.1. The van der Waals surface area contributed by atoms with Crippen LogP contribution in [0.2, 0.25) is 0 Å². The Balaban J connectivity index is 1.35. The molecule has 1 aliphatic heterocycles. The molecule has 8 nitrogen and oxygen atoms in total. The van der Waals surface area contributed by atoms with Gasteiger partial charge in [-0.1, -0.05) is 85.8 Å². The van der Waals surface area contributed by atoms with Crippen molar-refractivity contribution < 1.29 is 21.6 Å². The molecule has 0 saturated carbocycles. The fourth-order valence-electron chi connectivity index (χ4n) is 5.59. The Kier molecular flexibility index (Phi) is 9.61. The molecule has 226 valence electrons. The second-order valence-corrected chi connectivity index (χ2v) is 14.7. The average Bonchev–Trinajstić information content (AvgIpc) is 3.04. The minimum absolute atomic E-state index is 0.151. The van der Waals surface area contributed by atoms with Crippen molar-refractivity contribution >= 4 is 36.7 Å². The van der Waals surface area contributed by atoms with Crippen molar-refractivity contribution in [2.45, 2.75) is 48.6 Å². The van der Waals surface area contributed by atoms with Gasteiger partial charge in [-0.15, -0.1) is 0 Å². The molecule has 0 N–H and O–H groups in total. The van der Waals surface area contributed by atoms with Gasteiger partial charge < -0.3 is 4.90 Å². The third-order valence-corrected chi connectivity index (χ3v) is 11.7. The number of rotatable bonds is 11. The molecular weight excluding hydrogens is 583 g/mol. The molecule has 0 bridgehead atoms. The Hall–Kier alpha value is -3.57. The minimum atomic E-state index is -3.87. The number of nitrogens with zero attached hydrogens (tertiary/aromatic N) is 3. The number of carbonyl (C=O) groups excluding carboxylic acids is 1. The fourth-order valence-corrected chi connectivity index (χ4v) is 8.60. The highest BCUT2D eigenvalue weighted by Gasteiger charge is 2.35. The lowest BCUT2D eigenvalue weighted by Gasteiger charge is -2.39. The number of hydrogen-bond acceptors (Lipinski definition) is 5. The number of hydrogen-bond donors (Lipinski definition) is 0. The molecule has 0 radical (unpaired) electrons. The molecule has 10 heteroatoms. The quantitative estimate of drug-likeness (QED) is 0.232. The normalized spacial score (nSPS) is 15.1. The van der Waals surface area contributed by atoms with Gasteiger partial charge in [0.1, 0.15) is 0 Å². The van der Waals surface area contributed by atoms with E-state index >= 15 is 0 Å². The number of amides is 1. The monoisotopic (exact) mass is 619 g/mol. The van der Waals surface area contributed by atoms with Crippen molar-refractivity contribution in [1.82, 2.24) is 13.5 Å². The van der Waals surface area contributed by atoms with Gasteiger partial charge in [-0.2, -0.15) is 8.61 Å². The van der Waals surface area contributed by atoms with Crippen molar-refractivity contribution in [3.63, 3.8) is 0 Å². The summed E-state index contributed by atoms with van der Waals surface area (Å²) in [6.45, 7) is 2.65. The zero-order chi connectivity index (χ0) is 30.5. The molecule has 0 spiro atoms. The first kappa shape index (κ1) is 30.9. The summed E-state index contributed by atoms with van der Waals surface area (Å²) in [5.41, 5.74) is 0.926. The molecule has 1 heterocycles. The van der Waals surface area contributed by atoms with E-state index in [4.69, 9.17) is 0 Å².